The van der Waals surface area contributed by atoms with Crippen LogP contribution in [-0.4, -0.2) is 33.3 Å². The minimum Gasteiger partial charge on any atom is -0.478 e. The molecule has 0 atom stereocenters. The number of rotatable bonds is 7. The third-order valence-corrected chi connectivity index (χ3v) is 3.15. The van der Waals surface area contributed by atoms with Gasteiger partial charge in [-0.3, -0.25) is 4.98 Å². The number of carboxylic acids is 1. The number of hydrogen-bond donors (Lipinski definition) is 3. The summed E-state index contributed by atoms with van der Waals surface area (Å²) in [5.41, 5.74) is 0.257. The molecule has 0 amide bonds. The molecule has 5 nitrogen and oxygen atoms in total. The second kappa shape index (κ2) is 6.47. The van der Waals surface area contributed by atoms with Gasteiger partial charge in [-0.15, -0.1) is 0 Å². The Labute approximate surface area is 107 Å². The topological polar surface area (TPSA) is 82.5 Å². The molecule has 0 aliphatic heterocycles. The van der Waals surface area contributed by atoms with Gasteiger partial charge in [0.1, 0.15) is 0 Å². The van der Waals surface area contributed by atoms with Crippen LogP contribution in [0.1, 0.15) is 42.7 Å². The number of carboxylic acid groups (broad SMARTS) is 1. The van der Waals surface area contributed by atoms with Crippen LogP contribution in [0.4, 0.5) is 0 Å². The number of aliphatic hydroxyl groups is 1. The van der Waals surface area contributed by atoms with Gasteiger partial charge in [-0.25, -0.2) is 4.79 Å². The van der Waals surface area contributed by atoms with Crippen molar-refractivity contribution in [2.75, 3.05) is 6.54 Å². The fourth-order valence-corrected chi connectivity index (χ4v) is 1.58. The molecule has 1 aromatic rings. The van der Waals surface area contributed by atoms with Gasteiger partial charge in [0.05, 0.1) is 16.9 Å². The SMILES string of the molecule is CCC(O)(CC)CNCc1ccc(C(=O)O)cn1. The van der Waals surface area contributed by atoms with Crippen molar-refractivity contribution in [1.82, 2.24) is 10.3 Å². The Morgan fingerprint density at radius 1 is 1.39 bits per heavy atom. The molecule has 1 aromatic heterocycles. The molecule has 0 aliphatic rings. The summed E-state index contributed by atoms with van der Waals surface area (Å²) in [6, 6.07) is 3.20. The van der Waals surface area contributed by atoms with Crippen molar-refractivity contribution in [3.05, 3.63) is 29.6 Å². The molecule has 0 fully saturated rings. The van der Waals surface area contributed by atoms with Crippen LogP contribution in [-0.2, 0) is 6.54 Å². The van der Waals surface area contributed by atoms with Gasteiger partial charge in [0.15, 0.2) is 0 Å². The summed E-state index contributed by atoms with van der Waals surface area (Å²) in [5, 5.41) is 21.9. The Bertz CT molecular complexity index is 386. The van der Waals surface area contributed by atoms with Crippen LogP contribution in [0.3, 0.4) is 0 Å². The average molecular weight is 252 g/mol. The predicted octanol–water partition coefficient (Wildman–Crippen LogP) is 1.42. The maximum atomic E-state index is 10.6. The summed E-state index contributed by atoms with van der Waals surface area (Å²) < 4.78 is 0. The molecule has 0 spiro atoms. The molecule has 0 saturated heterocycles. The summed E-state index contributed by atoms with van der Waals surface area (Å²) in [7, 11) is 0. The van der Waals surface area contributed by atoms with Gasteiger partial charge in [-0.05, 0) is 25.0 Å². The van der Waals surface area contributed by atoms with Crippen molar-refractivity contribution in [2.45, 2.75) is 38.8 Å². The van der Waals surface area contributed by atoms with Crippen LogP contribution in [0.25, 0.3) is 0 Å². The summed E-state index contributed by atoms with van der Waals surface area (Å²) in [6.07, 6.45) is 2.73. The highest BCUT2D eigenvalue weighted by Crippen LogP contribution is 2.13. The van der Waals surface area contributed by atoms with Crippen molar-refractivity contribution in [3.8, 4) is 0 Å². The zero-order valence-corrected chi connectivity index (χ0v) is 10.8. The highest BCUT2D eigenvalue weighted by Gasteiger charge is 2.21. The molecule has 18 heavy (non-hydrogen) atoms. The monoisotopic (exact) mass is 252 g/mol. The highest BCUT2D eigenvalue weighted by atomic mass is 16.4. The molecule has 0 saturated carbocycles. The summed E-state index contributed by atoms with van der Waals surface area (Å²) in [5.74, 6) is -0.978. The standard InChI is InChI=1S/C13H20N2O3/c1-3-13(18,4-2)9-14-8-11-6-5-10(7-15-11)12(16)17/h5-7,14,18H,3-4,8-9H2,1-2H3,(H,16,17). The van der Waals surface area contributed by atoms with E-state index in [2.05, 4.69) is 10.3 Å². The largest absolute Gasteiger partial charge is 0.478 e. The van der Waals surface area contributed by atoms with E-state index in [0.717, 1.165) is 5.69 Å². The Morgan fingerprint density at radius 2 is 2.06 bits per heavy atom. The molecule has 0 aromatic carbocycles. The molecule has 100 valence electrons. The predicted molar refractivity (Wildman–Crippen MR) is 68.4 cm³/mol. The molecule has 0 bridgehead atoms. The van der Waals surface area contributed by atoms with Crippen LogP contribution in [0.15, 0.2) is 18.3 Å². The van der Waals surface area contributed by atoms with E-state index in [4.69, 9.17) is 5.11 Å². The Balaban J connectivity index is 2.47. The number of aromatic nitrogens is 1. The maximum Gasteiger partial charge on any atom is 0.337 e. The second-order valence-electron chi connectivity index (χ2n) is 4.38. The summed E-state index contributed by atoms with van der Waals surface area (Å²) >= 11 is 0. The molecule has 0 radical (unpaired) electrons. The van der Waals surface area contributed by atoms with Crippen molar-refractivity contribution in [1.29, 1.82) is 0 Å². The first-order valence-corrected chi connectivity index (χ1v) is 6.12. The van der Waals surface area contributed by atoms with Crippen molar-refractivity contribution in [3.63, 3.8) is 0 Å². The maximum absolute atomic E-state index is 10.6. The summed E-state index contributed by atoms with van der Waals surface area (Å²) in [4.78, 5) is 14.7. The number of carbonyl (C=O) groups is 1. The Hall–Kier alpha value is -1.46. The van der Waals surface area contributed by atoms with Gasteiger partial charge >= 0.3 is 5.97 Å². The van der Waals surface area contributed by atoms with E-state index >= 15 is 0 Å². The van der Waals surface area contributed by atoms with Crippen molar-refractivity contribution >= 4 is 5.97 Å². The first-order valence-electron chi connectivity index (χ1n) is 6.12. The zero-order chi connectivity index (χ0) is 13.6. The Kier molecular flexibility index (Phi) is 5.25. The fraction of sp³-hybridized carbons (Fsp3) is 0.538. The molecular weight excluding hydrogens is 232 g/mol. The highest BCUT2D eigenvalue weighted by molar-refractivity contribution is 5.87. The number of aromatic carboxylic acids is 1. The Morgan fingerprint density at radius 3 is 2.50 bits per heavy atom. The van der Waals surface area contributed by atoms with E-state index in [1.165, 1.54) is 12.3 Å². The van der Waals surface area contributed by atoms with Crippen LogP contribution in [0, 0.1) is 0 Å². The molecule has 0 aliphatic carbocycles. The molecule has 0 unspecified atom stereocenters. The van der Waals surface area contributed by atoms with Gasteiger partial charge in [0.25, 0.3) is 0 Å². The van der Waals surface area contributed by atoms with E-state index in [1.807, 2.05) is 13.8 Å². The minimum absolute atomic E-state index is 0.178. The fourth-order valence-electron chi connectivity index (χ4n) is 1.58. The van der Waals surface area contributed by atoms with Crippen LogP contribution in [0.2, 0.25) is 0 Å². The minimum atomic E-state index is -0.978. The molecule has 1 rings (SSSR count). The number of hydrogen-bond acceptors (Lipinski definition) is 4. The molecular formula is C13H20N2O3. The lowest BCUT2D eigenvalue weighted by Crippen LogP contribution is -2.39. The number of pyridine rings is 1. The van der Waals surface area contributed by atoms with Crippen LogP contribution < -0.4 is 5.32 Å². The first kappa shape index (κ1) is 14.6. The van der Waals surface area contributed by atoms with Crippen molar-refractivity contribution < 1.29 is 15.0 Å². The third-order valence-electron chi connectivity index (χ3n) is 3.15. The number of nitrogens with zero attached hydrogens (tertiary/aromatic N) is 1. The third kappa shape index (κ3) is 4.09. The van der Waals surface area contributed by atoms with Gasteiger partial charge in [0.2, 0.25) is 0 Å². The number of nitrogens with one attached hydrogen (secondary N) is 1. The molecule has 3 N–H and O–H groups in total. The van der Waals surface area contributed by atoms with Gasteiger partial charge in [-0.2, -0.15) is 0 Å². The lowest BCUT2D eigenvalue weighted by Gasteiger charge is -2.25. The summed E-state index contributed by atoms with van der Waals surface area (Å²) in [6.45, 7) is 4.92. The lowest BCUT2D eigenvalue weighted by atomic mass is 9.98. The van der Waals surface area contributed by atoms with Gasteiger partial charge in [-0.1, -0.05) is 13.8 Å². The van der Waals surface area contributed by atoms with Crippen LogP contribution in [0.5, 0.6) is 0 Å². The second-order valence-corrected chi connectivity index (χ2v) is 4.38. The van der Waals surface area contributed by atoms with E-state index in [0.29, 0.717) is 25.9 Å². The average Bonchev–Trinajstić information content (AvgIpc) is 2.39. The van der Waals surface area contributed by atoms with E-state index in [1.54, 1.807) is 6.07 Å². The molecule has 5 heteroatoms. The van der Waals surface area contributed by atoms with E-state index in [-0.39, 0.29) is 5.56 Å². The smallest absolute Gasteiger partial charge is 0.337 e. The van der Waals surface area contributed by atoms with E-state index in [9.17, 15) is 9.90 Å². The van der Waals surface area contributed by atoms with E-state index < -0.39 is 11.6 Å². The van der Waals surface area contributed by atoms with Crippen LogP contribution >= 0.6 is 0 Å². The molecule has 1 heterocycles. The lowest BCUT2D eigenvalue weighted by molar-refractivity contribution is 0.0322. The normalized spacial score (nSPS) is 11.5. The zero-order valence-electron chi connectivity index (χ0n) is 10.8. The van der Waals surface area contributed by atoms with Gasteiger partial charge in [0, 0.05) is 19.3 Å². The van der Waals surface area contributed by atoms with Gasteiger partial charge < -0.3 is 15.5 Å². The van der Waals surface area contributed by atoms with Crippen molar-refractivity contribution in [2.24, 2.45) is 0 Å². The quantitative estimate of drug-likeness (QED) is 0.683. The first-order chi connectivity index (χ1) is 8.50.